The first-order valence-electron chi connectivity index (χ1n) is 10.5. The van der Waals surface area contributed by atoms with Gasteiger partial charge in [-0.3, -0.25) is 9.59 Å². The van der Waals surface area contributed by atoms with E-state index in [4.69, 9.17) is 5.11 Å². The lowest BCUT2D eigenvalue weighted by Gasteiger charge is -2.22. The van der Waals surface area contributed by atoms with E-state index in [9.17, 15) is 14.7 Å². The number of likely N-dealkylation sites (tertiary alicyclic amines) is 1. The molecular formula is C24H33NO4. The number of unbranched alkanes of at least 4 members (excludes halogenated alkanes) is 1. The molecule has 2 N–H and O–H groups in total. The number of nitrogens with zero attached hydrogens (tertiary/aromatic N) is 1. The number of hydrogen-bond donors (Lipinski definition) is 2. The Hall–Kier alpha value is -2.40. The lowest BCUT2D eigenvalue weighted by molar-refractivity contribution is -0.137. The first-order chi connectivity index (χ1) is 14.0. The summed E-state index contributed by atoms with van der Waals surface area (Å²) in [6.45, 7) is 2.58. The molecule has 2 rings (SSSR count). The fourth-order valence-electron chi connectivity index (χ4n) is 3.51. The molecule has 1 aliphatic rings. The standard InChI is InChI=1S/C24H33NO4/c1-19(12-13-20-9-5-4-6-10-20)22(26)16-14-21-15-17-23(27)25(21)18-8-3-2-7-11-24(28)29/h3-6,8-10,14,16,19,21-22,26H,2,7,11-13,15,17-18H2,1H3,(H,28,29)/t19-,21-,22+/m0/s1. The van der Waals surface area contributed by atoms with Crippen LogP contribution in [-0.2, 0) is 16.0 Å². The molecule has 1 aliphatic heterocycles. The average Bonchev–Trinajstić information content (AvgIpc) is 3.07. The summed E-state index contributed by atoms with van der Waals surface area (Å²) in [5.74, 6) is -0.512. The van der Waals surface area contributed by atoms with Gasteiger partial charge in [0.15, 0.2) is 0 Å². The molecule has 158 valence electrons. The molecule has 1 saturated heterocycles. The van der Waals surface area contributed by atoms with E-state index in [2.05, 4.69) is 19.1 Å². The van der Waals surface area contributed by atoms with E-state index in [0.29, 0.717) is 25.8 Å². The van der Waals surface area contributed by atoms with Crippen LogP contribution in [0.4, 0.5) is 0 Å². The van der Waals surface area contributed by atoms with E-state index >= 15 is 0 Å². The number of aryl methyl sites for hydroxylation is 1. The molecule has 0 unspecified atom stereocenters. The minimum absolute atomic E-state index is 0.0159. The Morgan fingerprint density at radius 1 is 1.28 bits per heavy atom. The monoisotopic (exact) mass is 399 g/mol. The number of amides is 1. The van der Waals surface area contributed by atoms with Crippen LogP contribution in [0.1, 0.15) is 51.0 Å². The maximum Gasteiger partial charge on any atom is 0.303 e. The van der Waals surface area contributed by atoms with Gasteiger partial charge in [-0.05, 0) is 43.6 Å². The molecular weight excluding hydrogens is 366 g/mol. The number of aliphatic hydroxyl groups is 1. The van der Waals surface area contributed by atoms with E-state index < -0.39 is 12.1 Å². The normalized spacial score (nSPS) is 19.3. The molecule has 0 spiro atoms. The Balaban J connectivity index is 1.78. The van der Waals surface area contributed by atoms with Gasteiger partial charge in [0, 0.05) is 19.4 Å². The molecule has 0 aromatic heterocycles. The molecule has 0 radical (unpaired) electrons. The van der Waals surface area contributed by atoms with E-state index in [-0.39, 0.29) is 24.3 Å². The van der Waals surface area contributed by atoms with Crippen molar-refractivity contribution in [2.75, 3.05) is 6.54 Å². The summed E-state index contributed by atoms with van der Waals surface area (Å²) in [5.41, 5.74) is 1.28. The van der Waals surface area contributed by atoms with Crippen molar-refractivity contribution in [1.82, 2.24) is 4.90 Å². The highest BCUT2D eigenvalue weighted by atomic mass is 16.4. The first-order valence-corrected chi connectivity index (χ1v) is 10.5. The number of carbonyl (C=O) groups is 2. The van der Waals surface area contributed by atoms with Crippen LogP contribution in [-0.4, -0.2) is 45.7 Å². The Kier molecular flexibility index (Phi) is 9.65. The number of carboxylic acid groups (broad SMARTS) is 1. The molecule has 0 saturated carbocycles. The number of carbonyl (C=O) groups excluding carboxylic acids is 1. The molecule has 0 aliphatic carbocycles. The van der Waals surface area contributed by atoms with Gasteiger partial charge in [0.2, 0.25) is 5.91 Å². The second-order valence-electron chi connectivity index (χ2n) is 7.79. The Morgan fingerprint density at radius 3 is 2.76 bits per heavy atom. The van der Waals surface area contributed by atoms with Crippen molar-refractivity contribution < 1.29 is 19.8 Å². The number of hydrogen-bond acceptors (Lipinski definition) is 3. The predicted octanol–water partition coefficient (Wildman–Crippen LogP) is 3.97. The molecule has 29 heavy (non-hydrogen) atoms. The van der Waals surface area contributed by atoms with Gasteiger partial charge >= 0.3 is 5.97 Å². The van der Waals surface area contributed by atoms with Crippen molar-refractivity contribution in [2.24, 2.45) is 5.92 Å². The highest BCUT2D eigenvalue weighted by Crippen LogP contribution is 2.21. The smallest absolute Gasteiger partial charge is 0.303 e. The van der Waals surface area contributed by atoms with Crippen LogP contribution in [0.3, 0.4) is 0 Å². The van der Waals surface area contributed by atoms with Crippen LogP contribution in [0, 0.1) is 5.92 Å². The molecule has 1 aromatic carbocycles. The topological polar surface area (TPSA) is 77.8 Å². The van der Waals surface area contributed by atoms with Crippen molar-refractivity contribution >= 4 is 11.9 Å². The highest BCUT2D eigenvalue weighted by Gasteiger charge is 2.28. The van der Waals surface area contributed by atoms with E-state index in [1.54, 1.807) is 0 Å². The van der Waals surface area contributed by atoms with E-state index in [1.807, 2.05) is 47.4 Å². The molecule has 3 atom stereocenters. The van der Waals surface area contributed by atoms with Crippen molar-refractivity contribution in [3.8, 4) is 0 Å². The van der Waals surface area contributed by atoms with E-state index in [0.717, 1.165) is 19.3 Å². The van der Waals surface area contributed by atoms with Gasteiger partial charge in [0.25, 0.3) is 0 Å². The largest absolute Gasteiger partial charge is 0.481 e. The fourth-order valence-corrected chi connectivity index (χ4v) is 3.51. The Labute approximate surface area is 173 Å². The van der Waals surface area contributed by atoms with Crippen molar-refractivity contribution in [1.29, 1.82) is 0 Å². The number of carboxylic acids is 1. The quantitative estimate of drug-likeness (QED) is 0.412. The molecule has 5 nitrogen and oxygen atoms in total. The summed E-state index contributed by atoms with van der Waals surface area (Å²) >= 11 is 0. The van der Waals surface area contributed by atoms with Gasteiger partial charge in [-0.1, -0.05) is 61.6 Å². The summed E-state index contributed by atoms with van der Waals surface area (Å²) < 4.78 is 0. The summed E-state index contributed by atoms with van der Waals surface area (Å²) in [5, 5.41) is 19.1. The lowest BCUT2D eigenvalue weighted by atomic mass is 9.95. The third-order valence-electron chi connectivity index (χ3n) is 5.45. The molecule has 1 amide bonds. The molecule has 1 heterocycles. The van der Waals surface area contributed by atoms with Crippen LogP contribution in [0.15, 0.2) is 54.6 Å². The van der Waals surface area contributed by atoms with Gasteiger partial charge < -0.3 is 15.1 Å². The number of aliphatic carboxylic acids is 1. The summed E-state index contributed by atoms with van der Waals surface area (Å²) in [6.07, 6.45) is 11.8. The molecule has 5 heteroatoms. The summed E-state index contributed by atoms with van der Waals surface area (Å²) in [7, 11) is 0. The van der Waals surface area contributed by atoms with Crippen molar-refractivity contribution in [2.45, 2.75) is 64.0 Å². The minimum atomic E-state index is -0.783. The van der Waals surface area contributed by atoms with Gasteiger partial charge in [-0.25, -0.2) is 0 Å². The SMILES string of the molecule is C[C@@H](CCc1ccccc1)[C@H](O)C=C[C@H]1CCC(=O)N1CC=CCCCC(=O)O. The predicted molar refractivity (Wildman–Crippen MR) is 114 cm³/mol. The zero-order valence-corrected chi connectivity index (χ0v) is 17.2. The number of aliphatic hydroxyl groups excluding tert-OH is 1. The molecule has 0 bridgehead atoms. The highest BCUT2D eigenvalue weighted by molar-refractivity contribution is 5.79. The number of rotatable bonds is 12. The number of benzene rings is 1. The average molecular weight is 400 g/mol. The van der Waals surface area contributed by atoms with Crippen LogP contribution in [0.25, 0.3) is 0 Å². The van der Waals surface area contributed by atoms with Crippen LogP contribution >= 0.6 is 0 Å². The van der Waals surface area contributed by atoms with Crippen molar-refractivity contribution in [3.63, 3.8) is 0 Å². The zero-order chi connectivity index (χ0) is 21.1. The molecule has 1 fully saturated rings. The molecule has 1 aromatic rings. The summed E-state index contributed by atoms with van der Waals surface area (Å²) in [6, 6.07) is 10.3. The first kappa shape index (κ1) is 22.9. The van der Waals surface area contributed by atoms with Crippen LogP contribution < -0.4 is 0 Å². The number of allylic oxidation sites excluding steroid dienone is 1. The Bertz CT molecular complexity index is 698. The van der Waals surface area contributed by atoms with Crippen molar-refractivity contribution in [3.05, 3.63) is 60.2 Å². The zero-order valence-electron chi connectivity index (χ0n) is 17.2. The van der Waals surface area contributed by atoms with Crippen LogP contribution in [0.5, 0.6) is 0 Å². The third kappa shape index (κ3) is 8.24. The Morgan fingerprint density at radius 2 is 2.03 bits per heavy atom. The van der Waals surface area contributed by atoms with Gasteiger partial charge in [0.05, 0.1) is 12.1 Å². The van der Waals surface area contributed by atoms with Gasteiger partial charge in [0.1, 0.15) is 0 Å². The maximum absolute atomic E-state index is 12.1. The lowest BCUT2D eigenvalue weighted by Crippen LogP contribution is -2.32. The summed E-state index contributed by atoms with van der Waals surface area (Å²) in [4.78, 5) is 24.5. The maximum atomic E-state index is 12.1. The van der Waals surface area contributed by atoms with Gasteiger partial charge in [-0.15, -0.1) is 0 Å². The second kappa shape index (κ2) is 12.2. The fraction of sp³-hybridized carbons (Fsp3) is 0.500. The third-order valence-corrected chi connectivity index (χ3v) is 5.45. The van der Waals surface area contributed by atoms with Gasteiger partial charge in [-0.2, -0.15) is 0 Å². The van der Waals surface area contributed by atoms with Crippen LogP contribution in [0.2, 0.25) is 0 Å². The van der Waals surface area contributed by atoms with E-state index in [1.165, 1.54) is 5.56 Å². The minimum Gasteiger partial charge on any atom is -0.481 e. The second-order valence-corrected chi connectivity index (χ2v) is 7.79.